The van der Waals surface area contributed by atoms with Gasteiger partial charge in [-0.1, -0.05) is 72.3 Å². The number of hydrogen-bond acceptors (Lipinski definition) is 6. The van der Waals surface area contributed by atoms with Gasteiger partial charge >= 0.3 is 5.97 Å². The van der Waals surface area contributed by atoms with Gasteiger partial charge in [-0.2, -0.15) is 0 Å². The normalized spacial score (nSPS) is 11.3. The van der Waals surface area contributed by atoms with E-state index in [4.69, 9.17) is 0 Å². The van der Waals surface area contributed by atoms with E-state index in [2.05, 4.69) is 10.2 Å². The van der Waals surface area contributed by atoms with E-state index in [0.29, 0.717) is 21.9 Å². The van der Waals surface area contributed by atoms with E-state index in [1.807, 2.05) is 31.2 Å². The maximum absolute atomic E-state index is 13.5. The maximum atomic E-state index is 13.5. The fraction of sp³-hybridized carbons (Fsp3) is 0.0667. The number of pyridine rings is 1. The summed E-state index contributed by atoms with van der Waals surface area (Å²) < 4.78 is 1.25. The van der Waals surface area contributed by atoms with Gasteiger partial charge in [0.2, 0.25) is 5.88 Å². The van der Waals surface area contributed by atoms with Gasteiger partial charge in [0, 0.05) is 16.3 Å². The molecule has 0 atom stereocenters. The third-order valence-electron chi connectivity index (χ3n) is 6.28. The molecular formula is C30H23N3O5. The molecule has 4 aromatic carbocycles. The first kappa shape index (κ1) is 24.5. The van der Waals surface area contributed by atoms with Crippen LogP contribution >= 0.6 is 0 Å². The summed E-state index contributed by atoms with van der Waals surface area (Å²) in [6.07, 6.45) is 0. The Hall–Kier alpha value is -5.24. The Kier molecular flexibility index (Phi) is 6.45. The number of fused-ring (bicyclic) bond motifs is 1. The third-order valence-corrected chi connectivity index (χ3v) is 6.28. The highest BCUT2D eigenvalue weighted by Crippen LogP contribution is 2.39. The van der Waals surface area contributed by atoms with Crippen LogP contribution in [0, 0.1) is 6.92 Å². The number of carboxylic acids is 1. The van der Waals surface area contributed by atoms with Gasteiger partial charge in [-0.05, 0) is 42.3 Å². The topological polar surface area (TPSA) is 124 Å². The average Bonchev–Trinajstić information content (AvgIpc) is 2.93. The van der Waals surface area contributed by atoms with Gasteiger partial charge in [0.25, 0.3) is 5.56 Å². The minimum absolute atomic E-state index is 0.0168. The molecule has 0 fully saturated rings. The number of rotatable bonds is 6. The maximum Gasteiger partial charge on any atom is 0.335 e. The van der Waals surface area contributed by atoms with Gasteiger partial charge in [-0.25, -0.2) is 4.79 Å². The fourth-order valence-corrected chi connectivity index (χ4v) is 4.26. The van der Waals surface area contributed by atoms with E-state index in [1.165, 1.54) is 22.8 Å². The predicted octanol–water partition coefficient (Wildman–Crippen LogP) is 6.55. The zero-order valence-electron chi connectivity index (χ0n) is 20.4. The molecular weight excluding hydrogens is 482 g/mol. The van der Waals surface area contributed by atoms with Crippen molar-refractivity contribution in [2.75, 3.05) is 0 Å². The van der Waals surface area contributed by atoms with Crippen LogP contribution in [0.5, 0.6) is 11.6 Å². The lowest BCUT2D eigenvalue weighted by Crippen LogP contribution is -2.20. The number of nitrogens with zero attached hydrogens (tertiary/aromatic N) is 3. The smallest absolute Gasteiger partial charge is 0.335 e. The monoisotopic (exact) mass is 505 g/mol. The Bertz CT molecular complexity index is 1770. The molecule has 0 amide bonds. The largest absolute Gasteiger partial charge is 0.505 e. The van der Waals surface area contributed by atoms with Crippen molar-refractivity contribution < 1.29 is 20.1 Å². The molecule has 1 heterocycles. The zero-order chi connectivity index (χ0) is 26.8. The number of carboxylic acid groups (broad SMARTS) is 1. The molecule has 38 heavy (non-hydrogen) atoms. The predicted molar refractivity (Wildman–Crippen MR) is 145 cm³/mol. The first-order valence-electron chi connectivity index (χ1n) is 11.8. The molecule has 0 aliphatic carbocycles. The second-order valence-corrected chi connectivity index (χ2v) is 8.85. The first-order chi connectivity index (χ1) is 18.3. The summed E-state index contributed by atoms with van der Waals surface area (Å²) >= 11 is 0. The summed E-state index contributed by atoms with van der Waals surface area (Å²) in [6.45, 7) is 2.11. The number of azo groups is 1. The molecule has 0 radical (unpaired) electrons. The number of carbonyl (C=O) groups is 1. The van der Waals surface area contributed by atoms with Crippen LogP contribution in [0.25, 0.3) is 21.9 Å². The number of aromatic carboxylic acids is 1. The van der Waals surface area contributed by atoms with Gasteiger partial charge in [-0.3, -0.25) is 9.36 Å². The van der Waals surface area contributed by atoms with Crippen LogP contribution in [-0.4, -0.2) is 25.9 Å². The first-order valence-corrected chi connectivity index (χ1v) is 11.8. The second-order valence-electron chi connectivity index (χ2n) is 8.85. The molecule has 1 aromatic heterocycles. The van der Waals surface area contributed by atoms with Crippen LogP contribution in [-0.2, 0) is 6.54 Å². The molecule has 5 rings (SSSR count). The average molecular weight is 506 g/mol. The summed E-state index contributed by atoms with van der Waals surface area (Å²) in [5.74, 6) is -1.46. The lowest BCUT2D eigenvalue weighted by Gasteiger charge is -2.13. The Balaban J connectivity index is 1.60. The van der Waals surface area contributed by atoms with Crippen molar-refractivity contribution in [3.8, 4) is 22.8 Å². The molecule has 8 heteroatoms. The van der Waals surface area contributed by atoms with Gasteiger partial charge in [0.1, 0.15) is 5.69 Å². The van der Waals surface area contributed by atoms with Crippen molar-refractivity contribution >= 4 is 28.1 Å². The Morgan fingerprint density at radius 2 is 1.55 bits per heavy atom. The number of aromatic hydroxyl groups is 2. The number of para-hydroxylation sites is 1. The molecule has 0 saturated heterocycles. The lowest BCUT2D eigenvalue weighted by atomic mass is 10.0. The number of benzene rings is 4. The van der Waals surface area contributed by atoms with E-state index in [-0.39, 0.29) is 35.1 Å². The van der Waals surface area contributed by atoms with Crippen LogP contribution < -0.4 is 5.56 Å². The number of hydrogen-bond donors (Lipinski definition) is 3. The summed E-state index contributed by atoms with van der Waals surface area (Å²) in [4.78, 5) is 24.9. The minimum Gasteiger partial charge on any atom is -0.505 e. The molecule has 0 bridgehead atoms. The zero-order valence-corrected chi connectivity index (χ0v) is 20.4. The summed E-state index contributed by atoms with van der Waals surface area (Å²) in [6, 6.07) is 25.5. The number of aryl methyl sites for hydroxylation is 1. The highest BCUT2D eigenvalue weighted by atomic mass is 16.4. The van der Waals surface area contributed by atoms with Crippen molar-refractivity contribution in [2.24, 2.45) is 10.2 Å². The van der Waals surface area contributed by atoms with Crippen LogP contribution in [0.4, 0.5) is 11.4 Å². The fourth-order valence-electron chi connectivity index (χ4n) is 4.26. The third kappa shape index (κ3) is 4.62. The minimum atomic E-state index is -1.08. The van der Waals surface area contributed by atoms with E-state index in [1.54, 1.807) is 48.5 Å². The van der Waals surface area contributed by atoms with Crippen molar-refractivity contribution in [3.63, 3.8) is 0 Å². The van der Waals surface area contributed by atoms with Crippen LogP contribution in [0.1, 0.15) is 21.5 Å². The Morgan fingerprint density at radius 3 is 2.29 bits per heavy atom. The van der Waals surface area contributed by atoms with E-state index < -0.39 is 11.5 Å². The van der Waals surface area contributed by atoms with Gasteiger partial charge in [0.05, 0.1) is 12.1 Å². The van der Waals surface area contributed by atoms with E-state index in [9.17, 15) is 24.9 Å². The van der Waals surface area contributed by atoms with Crippen LogP contribution in [0.3, 0.4) is 0 Å². The SMILES string of the molecule is Cc1ccc(Cn2c(O)c3ccccc3c(N=Nc3cccc(-c4cccc(C(=O)O)c4)c3O)c2=O)cc1. The highest BCUT2D eigenvalue weighted by Gasteiger charge is 2.17. The van der Waals surface area contributed by atoms with E-state index >= 15 is 0 Å². The van der Waals surface area contributed by atoms with Crippen molar-refractivity contribution in [3.05, 3.63) is 118 Å². The van der Waals surface area contributed by atoms with Crippen molar-refractivity contribution in [1.82, 2.24) is 4.57 Å². The van der Waals surface area contributed by atoms with Crippen LogP contribution in [0.2, 0.25) is 0 Å². The summed E-state index contributed by atoms with van der Waals surface area (Å²) in [7, 11) is 0. The number of phenolic OH excluding ortho intramolecular Hbond substituents is 1. The molecule has 0 aliphatic rings. The molecule has 188 valence electrons. The molecule has 3 N–H and O–H groups in total. The number of phenols is 1. The summed E-state index contributed by atoms with van der Waals surface area (Å²) in [5.41, 5.74) is 2.45. The van der Waals surface area contributed by atoms with Crippen molar-refractivity contribution in [1.29, 1.82) is 0 Å². The van der Waals surface area contributed by atoms with Crippen molar-refractivity contribution in [2.45, 2.75) is 13.5 Å². The standard InChI is InChI=1S/C30H23N3O5/c1-18-12-14-19(15-13-18)17-33-28(35)24-9-3-2-8-23(24)26(29(33)36)32-31-25-11-5-10-22(27(25)34)20-6-4-7-21(16-20)30(37)38/h2-16,34-35H,17H2,1H3,(H,37,38). The quantitative estimate of drug-likeness (QED) is 0.226. The second kappa shape index (κ2) is 10.0. The van der Waals surface area contributed by atoms with Crippen LogP contribution in [0.15, 0.2) is 106 Å². The van der Waals surface area contributed by atoms with Gasteiger partial charge in [0.15, 0.2) is 11.4 Å². The lowest BCUT2D eigenvalue weighted by molar-refractivity contribution is 0.0697. The molecule has 0 spiro atoms. The van der Waals surface area contributed by atoms with Gasteiger partial charge < -0.3 is 15.3 Å². The van der Waals surface area contributed by atoms with E-state index in [0.717, 1.165) is 11.1 Å². The summed E-state index contributed by atoms with van der Waals surface area (Å²) in [5, 5.41) is 40.4. The molecule has 0 unspecified atom stereocenters. The molecule has 8 nitrogen and oxygen atoms in total. The number of aromatic nitrogens is 1. The molecule has 5 aromatic rings. The molecule has 0 saturated carbocycles. The Morgan fingerprint density at radius 1 is 0.842 bits per heavy atom. The molecule has 0 aliphatic heterocycles. The Labute approximate surface area is 217 Å². The van der Waals surface area contributed by atoms with Gasteiger partial charge in [-0.15, -0.1) is 10.2 Å². The highest BCUT2D eigenvalue weighted by molar-refractivity contribution is 5.95.